The standard InChI is InChI=1S/C8H14N/c1-2-4-8-5-3-6-9-7-8/h2,8H,1,3-7H2. The van der Waals surface area contributed by atoms with Crippen LogP contribution in [-0.4, -0.2) is 13.1 Å². The molecule has 0 spiro atoms. The van der Waals surface area contributed by atoms with Crippen LogP contribution in [0, 0.1) is 5.92 Å². The molecule has 1 heteroatoms. The van der Waals surface area contributed by atoms with Gasteiger partial charge in [0.1, 0.15) is 0 Å². The second-order valence-electron chi connectivity index (χ2n) is 2.66. The molecular weight excluding hydrogens is 110 g/mol. The summed E-state index contributed by atoms with van der Waals surface area (Å²) in [6, 6.07) is 0. The average molecular weight is 124 g/mol. The van der Waals surface area contributed by atoms with Gasteiger partial charge in [-0.05, 0) is 25.2 Å². The Morgan fingerprint density at radius 2 is 2.56 bits per heavy atom. The summed E-state index contributed by atoms with van der Waals surface area (Å²) in [5.74, 6) is 0.816. The van der Waals surface area contributed by atoms with Crippen molar-refractivity contribution < 1.29 is 0 Å². The molecular formula is C8H14N. The van der Waals surface area contributed by atoms with Gasteiger partial charge < -0.3 is 0 Å². The molecule has 0 saturated carbocycles. The van der Waals surface area contributed by atoms with Crippen molar-refractivity contribution in [2.24, 2.45) is 5.92 Å². The molecule has 51 valence electrons. The molecule has 1 rings (SSSR count). The summed E-state index contributed by atoms with van der Waals surface area (Å²) in [6.07, 6.45) is 5.81. The van der Waals surface area contributed by atoms with Crippen LogP contribution in [0.3, 0.4) is 0 Å². The molecule has 1 saturated heterocycles. The molecule has 1 unspecified atom stereocenters. The van der Waals surface area contributed by atoms with E-state index in [0.29, 0.717) is 0 Å². The molecule has 0 aromatic heterocycles. The molecule has 1 radical (unpaired) electrons. The Morgan fingerprint density at radius 3 is 3.11 bits per heavy atom. The second-order valence-corrected chi connectivity index (χ2v) is 2.66. The van der Waals surface area contributed by atoms with Gasteiger partial charge in [-0.25, -0.2) is 5.32 Å². The Morgan fingerprint density at radius 1 is 1.67 bits per heavy atom. The zero-order valence-corrected chi connectivity index (χ0v) is 5.84. The maximum absolute atomic E-state index is 4.33. The Balaban J connectivity index is 2.15. The fraction of sp³-hybridized carbons (Fsp3) is 0.750. The maximum Gasteiger partial charge on any atom is 0.0164 e. The Kier molecular flexibility index (Phi) is 2.78. The first-order valence-electron chi connectivity index (χ1n) is 3.67. The van der Waals surface area contributed by atoms with Crippen molar-refractivity contribution in [3.05, 3.63) is 12.7 Å². The third kappa shape index (κ3) is 2.19. The van der Waals surface area contributed by atoms with Crippen LogP contribution in [0.4, 0.5) is 0 Å². The van der Waals surface area contributed by atoms with Crippen LogP contribution in [0.2, 0.25) is 0 Å². The first kappa shape index (κ1) is 6.81. The van der Waals surface area contributed by atoms with Crippen LogP contribution in [0.15, 0.2) is 12.7 Å². The van der Waals surface area contributed by atoms with E-state index < -0.39 is 0 Å². The Labute approximate surface area is 57.1 Å². The van der Waals surface area contributed by atoms with E-state index in [4.69, 9.17) is 0 Å². The summed E-state index contributed by atoms with van der Waals surface area (Å²) < 4.78 is 0. The van der Waals surface area contributed by atoms with E-state index in [1.54, 1.807) is 0 Å². The van der Waals surface area contributed by atoms with Gasteiger partial charge in [0.15, 0.2) is 0 Å². The Hall–Kier alpha value is -0.300. The number of nitrogens with zero attached hydrogens (tertiary/aromatic N) is 1. The van der Waals surface area contributed by atoms with Gasteiger partial charge >= 0.3 is 0 Å². The van der Waals surface area contributed by atoms with Gasteiger partial charge in [0.2, 0.25) is 0 Å². The zero-order valence-electron chi connectivity index (χ0n) is 5.84. The summed E-state index contributed by atoms with van der Waals surface area (Å²) in [7, 11) is 0. The number of hydrogen-bond donors (Lipinski definition) is 0. The minimum atomic E-state index is 0.816. The first-order valence-corrected chi connectivity index (χ1v) is 3.67. The minimum absolute atomic E-state index is 0.816. The highest BCUT2D eigenvalue weighted by Gasteiger charge is 2.10. The number of allylic oxidation sites excluding steroid dienone is 1. The van der Waals surface area contributed by atoms with Crippen LogP contribution >= 0.6 is 0 Å². The lowest BCUT2D eigenvalue weighted by Gasteiger charge is -2.19. The van der Waals surface area contributed by atoms with Gasteiger partial charge in [-0.3, -0.25) is 0 Å². The lowest BCUT2D eigenvalue weighted by Crippen LogP contribution is -2.23. The summed E-state index contributed by atoms with van der Waals surface area (Å²) in [6.45, 7) is 5.88. The van der Waals surface area contributed by atoms with Gasteiger partial charge in [-0.15, -0.1) is 6.58 Å². The van der Waals surface area contributed by atoms with Crippen molar-refractivity contribution in [3.63, 3.8) is 0 Å². The Bertz CT molecular complexity index is 82.6. The van der Waals surface area contributed by atoms with E-state index in [1.807, 2.05) is 6.08 Å². The molecule has 1 aliphatic heterocycles. The first-order chi connectivity index (χ1) is 4.43. The molecule has 1 atom stereocenters. The van der Waals surface area contributed by atoms with E-state index in [9.17, 15) is 0 Å². The van der Waals surface area contributed by atoms with Gasteiger partial charge in [0.05, 0.1) is 0 Å². The predicted octanol–water partition coefficient (Wildman–Crippen LogP) is 1.58. The molecule has 0 aromatic carbocycles. The molecule has 0 aromatic rings. The van der Waals surface area contributed by atoms with Crippen molar-refractivity contribution in [1.82, 2.24) is 5.32 Å². The lowest BCUT2D eigenvalue weighted by atomic mass is 9.96. The highest BCUT2D eigenvalue weighted by Crippen LogP contribution is 2.14. The quantitative estimate of drug-likeness (QED) is 0.496. The van der Waals surface area contributed by atoms with Crippen molar-refractivity contribution in [2.75, 3.05) is 13.1 Å². The summed E-state index contributed by atoms with van der Waals surface area (Å²) in [4.78, 5) is 0. The smallest absolute Gasteiger partial charge is 0.0164 e. The average Bonchev–Trinajstić information content (AvgIpc) is 1.91. The zero-order chi connectivity index (χ0) is 6.53. The molecule has 1 aliphatic rings. The fourth-order valence-corrected chi connectivity index (χ4v) is 1.29. The van der Waals surface area contributed by atoms with E-state index in [0.717, 1.165) is 25.4 Å². The van der Waals surface area contributed by atoms with Crippen LogP contribution < -0.4 is 5.32 Å². The van der Waals surface area contributed by atoms with Gasteiger partial charge in [0.25, 0.3) is 0 Å². The van der Waals surface area contributed by atoms with E-state index >= 15 is 0 Å². The van der Waals surface area contributed by atoms with Crippen LogP contribution in [-0.2, 0) is 0 Å². The molecule has 0 N–H and O–H groups in total. The third-order valence-electron chi connectivity index (χ3n) is 1.82. The lowest BCUT2D eigenvalue weighted by molar-refractivity contribution is 0.375. The normalized spacial score (nSPS) is 27.8. The monoisotopic (exact) mass is 124 g/mol. The predicted molar refractivity (Wildman–Crippen MR) is 39.4 cm³/mol. The summed E-state index contributed by atoms with van der Waals surface area (Å²) >= 11 is 0. The summed E-state index contributed by atoms with van der Waals surface area (Å²) in [5.41, 5.74) is 0. The molecule has 1 nitrogen and oxygen atoms in total. The van der Waals surface area contributed by atoms with Crippen molar-refractivity contribution in [3.8, 4) is 0 Å². The number of piperidine rings is 1. The second kappa shape index (κ2) is 3.67. The van der Waals surface area contributed by atoms with Crippen molar-refractivity contribution >= 4 is 0 Å². The maximum atomic E-state index is 4.33. The van der Waals surface area contributed by atoms with E-state index in [-0.39, 0.29) is 0 Å². The molecule has 0 bridgehead atoms. The van der Waals surface area contributed by atoms with Gasteiger partial charge in [-0.1, -0.05) is 6.08 Å². The molecule has 1 heterocycles. The van der Waals surface area contributed by atoms with Gasteiger partial charge in [-0.2, -0.15) is 0 Å². The highest BCUT2D eigenvalue weighted by atomic mass is 14.9. The largest absolute Gasteiger partial charge is 0.241 e. The van der Waals surface area contributed by atoms with Crippen LogP contribution in [0.25, 0.3) is 0 Å². The van der Waals surface area contributed by atoms with Crippen molar-refractivity contribution in [1.29, 1.82) is 0 Å². The fourth-order valence-electron chi connectivity index (χ4n) is 1.29. The molecule has 9 heavy (non-hydrogen) atoms. The molecule has 0 aliphatic carbocycles. The molecule has 0 amide bonds. The summed E-state index contributed by atoms with van der Waals surface area (Å²) in [5, 5.41) is 4.33. The van der Waals surface area contributed by atoms with Crippen molar-refractivity contribution in [2.45, 2.75) is 19.3 Å². The minimum Gasteiger partial charge on any atom is -0.241 e. The number of hydrogen-bond acceptors (Lipinski definition) is 0. The highest BCUT2D eigenvalue weighted by molar-refractivity contribution is 4.77. The van der Waals surface area contributed by atoms with E-state index in [1.165, 1.54) is 12.8 Å². The van der Waals surface area contributed by atoms with Crippen LogP contribution in [0.5, 0.6) is 0 Å². The van der Waals surface area contributed by atoms with E-state index in [2.05, 4.69) is 11.9 Å². The van der Waals surface area contributed by atoms with Gasteiger partial charge in [0, 0.05) is 13.1 Å². The SMILES string of the molecule is C=CCC1CCC[N]C1. The topological polar surface area (TPSA) is 14.1 Å². The third-order valence-corrected chi connectivity index (χ3v) is 1.82. The molecule has 1 fully saturated rings. The van der Waals surface area contributed by atoms with Crippen LogP contribution in [0.1, 0.15) is 19.3 Å². The number of rotatable bonds is 2.